The van der Waals surface area contributed by atoms with E-state index in [1.165, 1.54) is 10.8 Å². The summed E-state index contributed by atoms with van der Waals surface area (Å²) in [5.74, 6) is -0.0974. The highest BCUT2D eigenvalue weighted by Gasteiger charge is 2.05. The average Bonchev–Trinajstić information content (AvgIpc) is 2.53. The molecule has 0 aliphatic carbocycles. The number of nitrogens with one attached hydrogen (secondary N) is 1. The van der Waals surface area contributed by atoms with E-state index >= 15 is 0 Å². The van der Waals surface area contributed by atoms with Crippen LogP contribution in [0.5, 0.6) is 0 Å². The molecule has 3 aromatic carbocycles. The minimum Gasteiger partial charge on any atom is -0.348 e. The number of benzene rings is 3. The molecular formula is C18H14ClNO. The minimum absolute atomic E-state index is 0.0974. The normalized spacial score (nSPS) is 10.5. The van der Waals surface area contributed by atoms with E-state index < -0.39 is 0 Å². The fourth-order valence-corrected chi connectivity index (χ4v) is 2.36. The van der Waals surface area contributed by atoms with Gasteiger partial charge in [-0.1, -0.05) is 48.0 Å². The predicted molar refractivity (Wildman–Crippen MR) is 86.6 cm³/mol. The van der Waals surface area contributed by atoms with Gasteiger partial charge in [-0.15, -0.1) is 0 Å². The smallest absolute Gasteiger partial charge is 0.251 e. The van der Waals surface area contributed by atoms with E-state index in [0.717, 1.165) is 5.56 Å². The van der Waals surface area contributed by atoms with Gasteiger partial charge in [0.25, 0.3) is 5.91 Å². The molecule has 0 heterocycles. The molecule has 0 spiro atoms. The number of hydrogen-bond acceptors (Lipinski definition) is 1. The monoisotopic (exact) mass is 295 g/mol. The molecule has 0 unspecified atom stereocenters. The molecule has 0 atom stereocenters. The summed E-state index contributed by atoms with van der Waals surface area (Å²) in [6, 6.07) is 21.2. The molecule has 0 radical (unpaired) electrons. The summed E-state index contributed by atoms with van der Waals surface area (Å²) in [5, 5.41) is 5.92. The van der Waals surface area contributed by atoms with Crippen molar-refractivity contribution in [1.29, 1.82) is 0 Å². The number of carbonyl (C=O) groups is 1. The summed E-state index contributed by atoms with van der Waals surface area (Å²) in [7, 11) is 0. The molecular weight excluding hydrogens is 282 g/mol. The molecule has 0 fully saturated rings. The van der Waals surface area contributed by atoms with E-state index in [0.29, 0.717) is 17.1 Å². The van der Waals surface area contributed by atoms with Crippen LogP contribution in [0.2, 0.25) is 5.02 Å². The zero-order valence-corrected chi connectivity index (χ0v) is 12.1. The molecule has 0 saturated heterocycles. The van der Waals surface area contributed by atoms with Crippen LogP contribution in [0.25, 0.3) is 10.8 Å². The van der Waals surface area contributed by atoms with Crippen LogP contribution in [-0.4, -0.2) is 5.91 Å². The van der Waals surface area contributed by atoms with E-state index in [1.54, 1.807) is 24.3 Å². The van der Waals surface area contributed by atoms with Gasteiger partial charge in [0.15, 0.2) is 0 Å². The van der Waals surface area contributed by atoms with Gasteiger partial charge in [0.05, 0.1) is 0 Å². The first-order valence-electron chi connectivity index (χ1n) is 6.74. The lowest BCUT2D eigenvalue weighted by Gasteiger charge is -2.07. The lowest BCUT2D eigenvalue weighted by atomic mass is 10.1. The molecule has 0 aromatic heterocycles. The molecule has 0 aliphatic heterocycles. The maximum absolute atomic E-state index is 12.0. The topological polar surface area (TPSA) is 29.1 Å². The van der Waals surface area contributed by atoms with Gasteiger partial charge in [-0.25, -0.2) is 0 Å². The molecule has 0 saturated carbocycles. The summed E-state index contributed by atoms with van der Waals surface area (Å²) in [4.78, 5) is 12.0. The Bertz CT molecular complexity index is 781. The molecule has 3 rings (SSSR count). The summed E-state index contributed by atoms with van der Waals surface area (Å²) in [5.41, 5.74) is 1.69. The van der Waals surface area contributed by atoms with Crippen molar-refractivity contribution in [3.63, 3.8) is 0 Å². The third kappa shape index (κ3) is 3.23. The van der Waals surface area contributed by atoms with E-state index in [2.05, 4.69) is 29.6 Å². The van der Waals surface area contributed by atoms with Crippen LogP contribution < -0.4 is 5.32 Å². The van der Waals surface area contributed by atoms with Crippen LogP contribution in [-0.2, 0) is 6.54 Å². The van der Waals surface area contributed by atoms with Crippen molar-refractivity contribution in [3.05, 3.63) is 82.9 Å². The molecule has 0 aliphatic rings. The molecule has 2 nitrogen and oxygen atoms in total. The Kier molecular flexibility index (Phi) is 3.89. The Morgan fingerprint density at radius 2 is 1.62 bits per heavy atom. The Labute approximate surface area is 128 Å². The lowest BCUT2D eigenvalue weighted by Crippen LogP contribution is -2.22. The van der Waals surface area contributed by atoms with Crippen LogP contribution in [0.1, 0.15) is 15.9 Å². The standard InChI is InChI=1S/C18H14ClNO/c19-17-9-7-15(8-10-17)18(21)20-12-13-5-6-14-3-1-2-4-16(14)11-13/h1-11H,12H2,(H,20,21). The summed E-state index contributed by atoms with van der Waals surface area (Å²) < 4.78 is 0. The van der Waals surface area contributed by atoms with Crippen LogP contribution >= 0.6 is 11.6 Å². The van der Waals surface area contributed by atoms with Gasteiger partial charge in [-0.2, -0.15) is 0 Å². The van der Waals surface area contributed by atoms with Crippen molar-refractivity contribution in [2.45, 2.75) is 6.54 Å². The van der Waals surface area contributed by atoms with Gasteiger partial charge in [0, 0.05) is 17.1 Å². The number of carbonyl (C=O) groups excluding carboxylic acids is 1. The maximum atomic E-state index is 12.0. The zero-order valence-electron chi connectivity index (χ0n) is 11.3. The van der Waals surface area contributed by atoms with Crippen molar-refractivity contribution >= 4 is 28.3 Å². The van der Waals surface area contributed by atoms with Crippen LogP contribution in [0.3, 0.4) is 0 Å². The van der Waals surface area contributed by atoms with Gasteiger partial charge in [-0.05, 0) is 46.7 Å². The Morgan fingerprint density at radius 1 is 0.905 bits per heavy atom. The number of halogens is 1. The molecule has 1 N–H and O–H groups in total. The third-order valence-corrected chi connectivity index (χ3v) is 3.63. The third-order valence-electron chi connectivity index (χ3n) is 3.37. The average molecular weight is 296 g/mol. The van der Waals surface area contributed by atoms with Crippen molar-refractivity contribution < 1.29 is 4.79 Å². The number of rotatable bonds is 3. The molecule has 1 amide bonds. The fourth-order valence-electron chi connectivity index (χ4n) is 2.23. The first-order chi connectivity index (χ1) is 10.2. The molecule has 21 heavy (non-hydrogen) atoms. The molecule has 0 bridgehead atoms. The molecule has 3 heteroatoms. The van der Waals surface area contributed by atoms with Crippen LogP contribution in [0.15, 0.2) is 66.7 Å². The highest BCUT2D eigenvalue weighted by Crippen LogP contribution is 2.15. The number of fused-ring (bicyclic) bond motifs is 1. The van der Waals surface area contributed by atoms with Crippen molar-refractivity contribution in [1.82, 2.24) is 5.32 Å². The highest BCUT2D eigenvalue weighted by molar-refractivity contribution is 6.30. The Balaban J connectivity index is 1.71. The van der Waals surface area contributed by atoms with Crippen molar-refractivity contribution in [3.8, 4) is 0 Å². The highest BCUT2D eigenvalue weighted by atomic mass is 35.5. The van der Waals surface area contributed by atoms with Gasteiger partial charge >= 0.3 is 0 Å². The fraction of sp³-hybridized carbons (Fsp3) is 0.0556. The van der Waals surface area contributed by atoms with E-state index in [9.17, 15) is 4.79 Å². The Hall–Kier alpha value is -2.32. The van der Waals surface area contributed by atoms with Crippen LogP contribution in [0.4, 0.5) is 0 Å². The van der Waals surface area contributed by atoms with Crippen molar-refractivity contribution in [2.24, 2.45) is 0 Å². The van der Waals surface area contributed by atoms with Crippen molar-refractivity contribution in [2.75, 3.05) is 0 Å². The number of amides is 1. The van der Waals surface area contributed by atoms with E-state index in [4.69, 9.17) is 11.6 Å². The summed E-state index contributed by atoms with van der Waals surface area (Å²) in [6.45, 7) is 0.506. The first-order valence-corrected chi connectivity index (χ1v) is 7.11. The zero-order chi connectivity index (χ0) is 14.7. The predicted octanol–water partition coefficient (Wildman–Crippen LogP) is 4.42. The van der Waals surface area contributed by atoms with Gasteiger partial charge < -0.3 is 5.32 Å². The van der Waals surface area contributed by atoms with Gasteiger partial charge in [0.1, 0.15) is 0 Å². The summed E-state index contributed by atoms with van der Waals surface area (Å²) in [6.07, 6.45) is 0. The van der Waals surface area contributed by atoms with Gasteiger partial charge in [-0.3, -0.25) is 4.79 Å². The minimum atomic E-state index is -0.0974. The Morgan fingerprint density at radius 3 is 2.38 bits per heavy atom. The SMILES string of the molecule is O=C(NCc1ccc2ccccc2c1)c1ccc(Cl)cc1. The molecule has 104 valence electrons. The second kappa shape index (κ2) is 5.98. The number of hydrogen-bond donors (Lipinski definition) is 1. The van der Waals surface area contributed by atoms with E-state index in [1.807, 2.05) is 18.2 Å². The largest absolute Gasteiger partial charge is 0.348 e. The second-order valence-corrected chi connectivity index (χ2v) is 5.31. The van der Waals surface area contributed by atoms with Gasteiger partial charge in [0.2, 0.25) is 0 Å². The summed E-state index contributed by atoms with van der Waals surface area (Å²) >= 11 is 5.81. The quantitative estimate of drug-likeness (QED) is 0.761. The maximum Gasteiger partial charge on any atom is 0.251 e. The lowest BCUT2D eigenvalue weighted by molar-refractivity contribution is 0.0951. The van der Waals surface area contributed by atoms with Crippen LogP contribution in [0, 0.1) is 0 Å². The molecule has 3 aromatic rings. The second-order valence-electron chi connectivity index (χ2n) is 4.87. The van der Waals surface area contributed by atoms with E-state index in [-0.39, 0.29) is 5.91 Å². The first kappa shape index (κ1) is 13.7.